The minimum absolute atomic E-state index is 1.06. The molecule has 0 saturated carbocycles. The fourth-order valence-electron chi connectivity index (χ4n) is 0.408. The Bertz CT molecular complexity index is 34.6. The molecule has 1 unspecified atom stereocenters. The van der Waals surface area contributed by atoms with Crippen LogP contribution in [0.3, 0.4) is 0 Å². The molecule has 0 radical (unpaired) electrons. The first-order chi connectivity index (χ1) is 2.39. The second-order valence-electron chi connectivity index (χ2n) is 1.63. The van der Waals surface area contributed by atoms with Gasteiger partial charge in [0.15, 0.2) is 0 Å². The van der Waals surface area contributed by atoms with Crippen molar-refractivity contribution in [2.24, 2.45) is 0 Å². The zero-order valence-electron chi connectivity index (χ0n) is 3.20. The Morgan fingerprint density at radius 2 is 2.20 bits per heavy atom. The van der Waals surface area contributed by atoms with E-state index in [9.17, 15) is 0 Å². The van der Waals surface area contributed by atoms with Crippen LogP contribution in [0.4, 0.5) is 0 Å². The van der Waals surface area contributed by atoms with Gasteiger partial charge in [-0.25, -0.2) is 0 Å². The van der Waals surface area contributed by atoms with Gasteiger partial charge in [-0.15, -0.1) is 0 Å². The summed E-state index contributed by atoms with van der Waals surface area (Å²) in [6.45, 7) is 0. The van der Waals surface area contributed by atoms with Crippen LogP contribution in [0.1, 0.15) is 0 Å². The van der Waals surface area contributed by atoms with Crippen LogP contribution in [0.5, 0.6) is 0 Å². The molecule has 0 nitrogen and oxygen atoms in total. The second kappa shape index (κ2) is 1.53. The van der Waals surface area contributed by atoms with E-state index in [0.29, 0.717) is 0 Å². The van der Waals surface area contributed by atoms with E-state index in [2.05, 4.69) is 20.4 Å². The molecule has 0 spiro atoms. The average molecular weight is 98.6 g/mol. The van der Waals surface area contributed by atoms with Gasteiger partial charge in [0.05, 0.1) is 0 Å². The molecule has 3 heteroatoms. The van der Waals surface area contributed by atoms with Gasteiger partial charge in [0.1, 0.15) is 0 Å². The summed E-state index contributed by atoms with van der Waals surface area (Å²) in [5.41, 5.74) is 0. The minimum atomic E-state index is 1.06. The van der Waals surface area contributed by atoms with Crippen molar-refractivity contribution < 1.29 is 20.4 Å². The van der Waals surface area contributed by atoms with E-state index in [1.54, 1.807) is 0 Å². The molecule has 0 amide bonds. The van der Waals surface area contributed by atoms with Gasteiger partial charge in [-0.1, -0.05) is 0 Å². The van der Waals surface area contributed by atoms with E-state index in [-0.39, 0.29) is 0 Å². The van der Waals surface area contributed by atoms with Gasteiger partial charge in [0.25, 0.3) is 0 Å². The number of rotatable bonds is 0. The third kappa shape index (κ3) is 0.837. The topological polar surface area (TPSA) is 0 Å². The van der Waals surface area contributed by atoms with Crippen LogP contribution in [0.15, 0.2) is 0 Å². The van der Waals surface area contributed by atoms with Gasteiger partial charge in [-0.3, -0.25) is 0 Å². The molecule has 0 aromatic rings. The van der Waals surface area contributed by atoms with Gasteiger partial charge in [-0.2, -0.15) is 0 Å². The molecule has 1 fully saturated rings. The van der Waals surface area contributed by atoms with Crippen molar-refractivity contribution >= 4 is 14.3 Å². The van der Waals surface area contributed by atoms with Gasteiger partial charge >= 0.3 is 45.2 Å². The van der Waals surface area contributed by atoms with Crippen LogP contribution < -0.4 is 0 Å². The standard InChI is InChI=1S/C2H5B2.Ti/c1-2-4-3-1;/h1,3-4H,2H2;. The predicted octanol–water partition coefficient (Wildman–Crippen LogP) is -0.501. The molecular weight excluding hydrogens is 93.5 g/mol. The Morgan fingerprint density at radius 3 is 2.20 bits per heavy atom. The van der Waals surface area contributed by atoms with Crippen molar-refractivity contribution in [1.82, 2.24) is 0 Å². The molecule has 0 bridgehead atoms. The molecule has 0 N–H and O–H groups in total. The Kier molecular flexibility index (Phi) is 1.23. The average Bonchev–Trinajstić information content (AvgIpc) is 1.30. The molecule has 1 aliphatic rings. The van der Waals surface area contributed by atoms with Crippen molar-refractivity contribution in [3.8, 4) is 0 Å². The molecule has 1 atom stereocenters. The van der Waals surface area contributed by atoms with Gasteiger partial charge in [0, 0.05) is 0 Å². The van der Waals surface area contributed by atoms with Crippen molar-refractivity contribution in [2.75, 3.05) is 0 Å². The maximum atomic E-state index is 2.31. The SMILES string of the molecule is [Ti][CH]1BBC1. The molecule has 0 aromatic carbocycles. The van der Waals surface area contributed by atoms with E-state index >= 15 is 0 Å². The van der Waals surface area contributed by atoms with Crippen LogP contribution in [0, 0.1) is 0 Å². The van der Waals surface area contributed by atoms with Crippen LogP contribution in [0.25, 0.3) is 0 Å². The predicted molar refractivity (Wildman–Crippen MR) is 22.9 cm³/mol. The molecule has 1 aliphatic heterocycles. The summed E-state index contributed by atoms with van der Waals surface area (Å²) in [4.78, 5) is 0. The summed E-state index contributed by atoms with van der Waals surface area (Å²) in [6.07, 6.45) is 1.49. The Labute approximate surface area is 45.6 Å². The zero-order valence-corrected chi connectivity index (χ0v) is 4.76. The van der Waals surface area contributed by atoms with Crippen LogP contribution >= 0.6 is 0 Å². The summed E-state index contributed by atoms with van der Waals surface area (Å²) < 4.78 is 1.06. The van der Waals surface area contributed by atoms with E-state index in [0.717, 1.165) is 4.12 Å². The maximum absolute atomic E-state index is 2.31. The van der Waals surface area contributed by atoms with Gasteiger partial charge < -0.3 is 0 Å². The zero-order chi connectivity index (χ0) is 3.70. The van der Waals surface area contributed by atoms with Gasteiger partial charge in [-0.05, 0) is 0 Å². The molecule has 1 heterocycles. The normalized spacial score (nSPS) is 33.0. The Hall–Kier alpha value is 0.844. The summed E-state index contributed by atoms with van der Waals surface area (Å²) in [5.74, 6) is 0. The molecule has 0 aliphatic carbocycles. The van der Waals surface area contributed by atoms with Crippen molar-refractivity contribution in [3.05, 3.63) is 0 Å². The van der Waals surface area contributed by atoms with Crippen LogP contribution in [-0.2, 0) is 20.4 Å². The molecular formula is C2H5B2Ti. The van der Waals surface area contributed by atoms with Crippen LogP contribution in [0.2, 0.25) is 10.4 Å². The number of hydrogen-bond acceptors (Lipinski definition) is 0. The van der Waals surface area contributed by atoms with Crippen LogP contribution in [-0.4, -0.2) is 14.3 Å². The fourth-order valence-corrected chi connectivity index (χ4v) is 1.05. The monoisotopic (exact) mass is 99.0 g/mol. The molecule has 1 rings (SSSR count). The first kappa shape index (κ1) is 4.02. The molecule has 1 saturated heterocycles. The summed E-state index contributed by atoms with van der Waals surface area (Å²) in [6, 6.07) is 0. The van der Waals surface area contributed by atoms with E-state index in [1.165, 1.54) is 20.7 Å². The summed E-state index contributed by atoms with van der Waals surface area (Å²) >= 11 is 2.31. The summed E-state index contributed by atoms with van der Waals surface area (Å²) in [5, 5.41) is 0. The fraction of sp³-hybridized carbons (Fsp3) is 1.00. The molecule has 5 heavy (non-hydrogen) atoms. The van der Waals surface area contributed by atoms with Crippen molar-refractivity contribution in [3.63, 3.8) is 0 Å². The second-order valence-corrected chi connectivity index (χ2v) is 2.90. The van der Waals surface area contributed by atoms with E-state index < -0.39 is 0 Å². The Morgan fingerprint density at radius 1 is 1.80 bits per heavy atom. The van der Waals surface area contributed by atoms with E-state index in [4.69, 9.17) is 0 Å². The first-order valence-electron chi connectivity index (χ1n) is 2.11. The van der Waals surface area contributed by atoms with Crippen molar-refractivity contribution in [1.29, 1.82) is 0 Å². The first-order valence-corrected chi connectivity index (χ1v) is 3.01. The Balaban J connectivity index is 2.08. The quantitative estimate of drug-likeness (QED) is 0.359. The van der Waals surface area contributed by atoms with Crippen molar-refractivity contribution in [2.45, 2.75) is 10.4 Å². The number of hydrogen-bond donors (Lipinski definition) is 0. The summed E-state index contributed by atoms with van der Waals surface area (Å²) in [7, 11) is 2.97. The third-order valence-electron chi connectivity index (χ3n) is 1.11. The molecule has 23 valence electrons. The third-order valence-corrected chi connectivity index (χ3v) is 2.01. The van der Waals surface area contributed by atoms with Gasteiger partial charge in [0.2, 0.25) is 0 Å². The molecule has 0 aromatic heterocycles. The van der Waals surface area contributed by atoms with E-state index in [1.807, 2.05) is 0 Å².